The zero-order valence-electron chi connectivity index (χ0n) is 11.3. The van der Waals surface area contributed by atoms with Gasteiger partial charge in [-0.3, -0.25) is 4.79 Å². The summed E-state index contributed by atoms with van der Waals surface area (Å²) < 4.78 is 0. The Bertz CT molecular complexity index is 581. The molecule has 1 aliphatic rings. The molecule has 4 heteroatoms. The number of Topliss-reactive ketones (excluding diaryl/α,β-unsaturated/α-hetero) is 1. The summed E-state index contributed by atoms with van der Waals surface area (Å²) in [6, 6.07) is 15.6. The van der Waals surface area contributed by atoms with Gasteiger partial charge in [0.05, 0.1) is 0 Å². The average molecular weight is 337 g/mol. The molecule has 1 nitrogen and oxygen atoms in total. The van der Waals surface area contributed by atoms with E-state index in [0.29, 0.717) is 18.6 Å². The van der Waals surface area contributed by atoms with Crippen LogP contribution in [0.25, 0.3) is 0 Å². The van der Waals surface area contributed by atoms with Gasteiger partial charge in [-0.2, -0.15) is 0 Å². The molecule has 0 spiro atoms. The van der Waals surface area contributed by atoms with E-state index in [1.54, 1.807) is 0 Å². The second kappa shape index (κ2) is 6.43. The molecular weight excluding hydrogens is 323 g/mol. The molecule has 1 fully saturated rings. The third-order valence-corrected chi connectivity index (χ3v) is 5.68. The maximum atomic E-state index is 12.1. The van der Waals surface area contributed by atoms with E-state index in [-0.39, 0.29) is 10.5 Å². The van der Waals surface area contributed by atoms with Crippen LogP contribution in [0.15, 0.2) is 48.5 Å². The van der Waals surface area contributed by atoms with Crippen molar-refractivity contribution in [2.45, 2.75) is 23.3 Å². The van der Waals surface area contributed by atoms with Gasteiger partial charge < -0.3 is 0 Å². The highest BCUT2D eigenvalue weighted by Crippen LogP contribution is 2.48. The highest BCUT2D eigenvalue weighted by Gasteiger charge is 2.29. The van der Waals surface area contributed by atoms with Gasteiger partial charge >= 0.3 is 0 Å². The van der Waals surface area contributed by atoms with Crippen LogP contribution in [0.3, 0.4) is 0 Å². The van der Waals surface area contributed by atoms with Crippen LogP contribution in [0.4, 0.5) is 0 Å². The Morgan fingerprint density at radius 2 is 1.14 bits per heavy atom. The van der Waals surface area contributed by atoms with Gasteiger partial charge in [-0.15, -0.1) is 11.8 Å². The molecule has 0 amide bonds. The number of carbonyl (C=O) groups excluding carboxylic acids is 1. The normalized spacial score (nSPS) is 22.3. The quantitative estimate of drug-likeness (QED) is 0.681. The van der Waals surface area contributed by atoms with Crippen LogP contribution in [0, 0.1) is 0 Å². The third-order valence-electron chi connectivity index (χ3n) is 3.64. The molecule has 108 valence electrons. The fourth-order valence-electron chi connectivity index (χ4n) is 2.54. The van der Waals surface area contributed by atoms with Gasteiger partial charge in [0, 0.05) is 33.4 Å². The SMILES string of the molecule is O=C1CC(c2ccc(Cl)cc2)SC(c2ccc(Cl)cc2)C1. The van der Waals surface area contributed by atoms with Crippen LogP contribution in [0.2, 0.25) is 10.0 Å². The van der Waals surface area contributed by atoms with Crippen molar-refractivity contribution in [3.8, 4) is 0 Å². The van der Waals surface area contributed by atoms with E-state index in [9.17, 15) is 4.79 Å². The van der Waals surface area contributed by atoms with Gasteiger partial charge in [0.2, 0.25) is 0 Å². The zero-order chi connectivity index (χ0) is 14.8. The van der Waals surface area contributed by atoms with Crippen molar-refractivity contribution in [2.75, 3.05) is 0 Å². The van der Waals surface area contributed by atoms with Crippen LogP contribution in [-0.2, 0) is 4.79 Å². The maximum absolute atomic E-state index is 12.1. The molecule has 1 saturated heterocycles. The minimum Gasteiger partial charge on any atom is -0.300 e. The highest BCUT2D eigenvalue weighted by atomic mass is 35.5. The molecule has 2 unspecified atom stereocenters. The number of hydrogen-bond acceptors (Lipinski definition) is 2. The first-order valence-electron chi connectivity index (χ1n) is 6.80. The second-order valence-corrected chi connectivity index (χ2v) is 7.45. The lowest BCUT2D eigenvalue weighted by atomic mass is 10.0. The number of thioether (sulfide) groups is 1. The number of rotatable bonds is 2. The van der Waals surface area contributed by atoms with Crippen molar-refractivity contribution < 1.29 is 4.79 Å². The molecule has 0 radical (unpaired) electrons. The van der Waals surface area contributed by atoms with Gasteiger partial charge in [0.25, 0.3) is 0 Å². The molecule has 0 aliphatic carbocycles. The predicted molar refractivity (Wildman–Crippen MR) is 90.2 cm³/mol. The number of halogens is 2. The van der Waals surface area contributed by atoms with E-state index in [0.717, 1.165) is 21.2 Å². The Balaban J connectivity index is 1.82. The van der Waals surface area contributed by atoms with E-state index in [1.807, 2.05) is 60.3 Å². The van der Waals surface area contributed by atoms with E-state index >= 15 is 0 Å². The Labute approximate surface area is 138 Å². The predicted octanol–water partition coefficient (Wildman–Crippen LogP) is 5.87. The topological polar surface area (TPSA) is 17.1 Å². The van der Waals surface area contributed by atoms with Crippen LogP contribution in [0.1, 0.15) is 34.5 Å². The number of carbonyl (C=O) groups is 1. The van der Waals surface area contributed by atoms with Gasteiger partial charge in [-0.25, -0.2) is 0 Å². The third kappa shape index (κ3) is 3.63. The van der Waals surface area contributed by atoms with Gasteiger partial charge in [-0.1, -0.05) is 47.5 Å². The second-order valence-electron chi connectivity index (χ2n) is 5.16. The molecule has 2 atom stereocenters. The smallest absolute Gasteiger partial charge is 0.135 e. The lowest BCUT2D eigenvalue weighted by Crippen LogP contribution is -2.15. The largest absolute Gasteiger partial charge is 0.300 e. The molecule has 0 bridgehead atoms. The van der Waals surface area contributed by atoms with Crippen molar-refractivity contribution in [3.05, 3.63) is 69.7 Å². The molecule has 0 N–H and O–H groups in total. The Kier molecular flexibility index (Phi) is 4.58. The van der Waals surface area contributed by atoms with E-state index in [4.69, 9.17) is 23.2 Å². The summed E-state index contributed by atoms with van der Waals surface area (Å²) in [5.74, 6) is 0.314. The van der Waals surface area contributed by atoms with Crippen molar-refractivity contribution in [2.24, 2.45) is 0 Å². The molecule has 1 aliphatic heterocycles. The first kappa shape index (κ1) is 15.0. The van der Waals surface area contributed by atoms with Crippen molar-refractivity contribution in [1.29, 1.82) is 0 Å². The summed E-state index contributed by atoms with van der Waals surface area (Å²) in [7, 11) is 0. The highest BCUT2D eigenvalue weighted by molar-refractivity contribution is 7.99. The van der Waals surface area contributed by atoms with Gasteiger partial charge in [0.1, 0.15) is 5.78 Å². The average Bonchev–Trinajstić information content (AvgIpc) is 2.48. The fourth-order valence-corrected chi connectivity index (χ4v) is 4.38. The Morgan fingerprint density at radius 3 is 1.52 bits per heavy atom. The molecule has 3 rings (SSSR count). The maximum Gasteiger partial charge on any atom is 0.135 e. The standard InChI is InChI=1S/C17H14Cl2OS/c18-13-5-1-11(2-6-13)16-9-15(20)10-17(21-16)12-3-7-14(19)8-4-12/h1-8,16-17H,9-10H2. The van der Waals surface area contributed by atoms with Gasteiger partial charge in [0.15, 0.2) is 0 Å². The summed E-state index contributed by atoms with van der Waals surface area (Å²) in [5, 5.41) is 1.84. The monoisotopic (exact) mass is 336 g/mol. The van der Waals surface area contributed by atoms with Crippen LogP contribution < -0.4 is 0 Å². The lowest BCUT2D eigenvalue weighted by Gasteiger charge is -2.28. The molecule has 1 heterocycles. The number of hydrogen-bond donors (Lipinski definition) is 0. The molecule has 21 heavy (non-hydrogen) atoms. The van der Waals surface area contributed by atoms with Crippen LogP contribution in [0.5, 0.6) is 0 Å². The molecule has 0 aromatic heterocycles. The Morgan fingerprint density at radius 1 is 0.762 bits per heavy atom. The van der Waals surface area contributed by atoms with Crippen LogP contribution in [-0.4, -0.2) is 5.78 Å². The van der Waals surface area contributed by atoms with Gasteiger partial charge in [-0.05, 0) is 35.4 Å². The summed E-state index contributed by atoms with van der Waals surface area (Å²) in [4.78, 5) is 12.1. The first-order valence-corrected chi connectivity index (χ1v) is 8.50. The molecule has 0 saturated carbocycles. The van der Waals surface area contributed by atoms with Crippen molar-refractivity contribution in [3.63, 3.8) is 0 Å². The zero-order valence-corrected chi connectivity index (χ0v) is 13.6. The summed E-state index contributed by atoms with van der Waals surface area (Å²) >= 11 is 13.7. The van der Waals surface area contributed by atoms with Crippen molar-refractivity contribution in [1.82, 2.24) is 0 Å². The first-order chi connectivity index (χ1) is 10.1. The summed E-state index contributed by atoms with van der Waals surface area (Å²) in [6.45, 7) is 0. The van der Waals surface area contributed by atoms with Crippen LogP contribution >= 0.6 is 35.0 Å². The summed E-state index contributed by atoms with van der Waals surface area (Å²) in [5.41, 5.74) is 2.33. The minimum absolute atomic E-state index is 0.198. The number of ketones is 1. The summed E-state index contributed by atoms with van der Waals surface area (Å²) in [6.07, 6.45) is 1.19. The minimum atomic E-state index is 0.198. The molecular formula is C17H14Cl2OS. The van der Waals surface area contributed by atoms with E-state index < -0.39 is 0 Å². The molecule has 2 aromatic rings. The van der Waals surface area contributed by atoms with E-state index in [2.05, 4.69) is 0 Å². The van der Waals surface area contributed by atoms with Crippen molar-refractivity contribution >= 4 is 40.7 Å². The number of benzene rings is 2. The fraction of sp³-hybridized carbons (Fsp3) is 0.235. The lowest BCUT2D eigenvalue weighted by molar-refractivity contribution is -0.119. The molecule has 2 aromatic carbocycles. The Hall–Kier alpha value is -0.960. The van der Waals surface area contributed by atoms with E-state index in [1.165, 1.54) is 0 Å².